The molecule has 0 amide bonds. The Labute approximate surface area is 94.5 Å². The normalized spacial score (nSPS) is 28.1. The first kappa shape index (κ1) is 9.93. The van der Waals surface area contributed by atoms with Gasteiger partial charge >= 0.3 is 0 Å². The van der Waals surface area contributed by atoms with E-state index in [-0.39, 0.29) is 6.10 Å². The third-order valence-electron chi connectivity index (χ3n) is 2.97. The molecule has 1 aromatic rings. The summed E-state index contributed by atoms with van der Waals surface area (Å²) in [5.74, 6) is 1.64. The van der Waals surface area contributed by atoms with Gasteiger partial charge in [-0.3, -0.25) is 0 Å². The number of morpholine rings is 1. The average Bonchev–Trinajstić information content (AvgIpc) is 2.77. The third-order valence-corrected chi connectivity index (χ3v) is 2.97. The molecule has 0 aliphatic carbocycles. The molecule has 2 heterocycles. The molecule has 2 atom stereocenters. The molecule has 0 aromatic heterocycles. The van der Waals surface area contributed by atoms with Gasteiger partial charge in [0.25, 0.3) is 0 Å². The molecule has 1 fully saturated rings. The van der Waals surface area contributed by atoms with Crippen LogP contribution < -0.4 is 14.8 Å². The summed E-state index contributed by atoms with van der Waals surface area (Å²) in [7, 11) is 0. The molecule has 4 nitrogen and oxygen atoms in total. The number of fused-ring (bicyclic) bond motifs is 1. The maximum atomic E-state index is 5.78. The van der Waals surface area contributed by atoms with E-state index < -0.39 is 0 Å². The van der Waals surface area contributed by atoms with E-state index in [0.29, 0.717) is 12.8 Å². The van der Waals surface area contributed by atoms with E-state index in [4.69, 9.17) is 14.2 Å². The minimum atomic E-state index is 0.116. The molecular weight excluding hydrogens is 206 g/mol. The summed E-state index contributed by atoms with van der Waals surface area (Å²) in [4.78, 5) is 0. The second-order valence-corrected chi connectivity index (χ2v) is 4.24. The Balaban J connectivity index is 1.79. The zero-order valence-electron chi connectivity index (χ0n) is 9.23. The van der Waals surface area contributed by atoms with Gasteiger partial charge in [0.15, 0.2) is 11.5 Å². The van der Waals surface area contributed by atoms with Crippen LogP contribution in [0.4, 0.5) is 0 Å². The summed E-state index contributed by atoms with van der Waals surface area (Å²) in [6.45, 7) is 4.04. The van der Waals surface area contributed by atoms with Gasteiger partial charge in [0.2, 0.25) is 6.79 Å². The van der Waals surface area contributed by atoms with Crippen molar-refractivity contribution >= 4 is 0 Å². The van der Waals surface area contributed by atoms with Gasteiger partial charge in [-0.1, -0.05) is 6.07 Å². The van der Waals surface area contributed by atoms with Gasteiger partial charge in [0.05, 0.1) is 12.7 Å². The van der Waals surface area contributed by atoms with Gasteiger partial charge in [-0.2, -0.15) is 0 Å². The minimum Gasteiger partial charge on any atom is -0.454 e. The standard InChI is InChI=1S/C12H15NO3/c1-8-6-14-12(5-13-8)9-2-3-10-11(4-9)16-7-15-10/h2-4,8,12-13H,5-7H2,1H3. The molecule has 2 aliphatic rings. The van der Waals surface area contributed by atoms with E-state index >= 15 is 0 Å². The highest BCUT2D eigenvalue weighted by Crippen LogP contribution is 2.35. The van der Waals surface area contributed by atoms with Gasteiger partial charge in [-0.25, -0.2) is 0 Å². The summed E-state index contributed by atoms with van der Waals surface area (Å²) >= 11 is 0. The molecule has 1 N–H and O–H groups in total. The van der Waals surface area contributed by atoms with E-state index in [1.807, 2.05) is 18.2 Å². The second kappa shape index (κ2) is 3.96. The van der Waals surface area contributed by atoms with E-state index in [1.54, 1.807) is 0 Å². The fourth-order valence-corrected chi connectivity index (χ4v) is 2.01. The number of ether oxygens (including phenoxy) is 3. The topological polar surface area (TPSA) is 39.7 Å². The number of hydrogen-bond donors (Lipinski definition) is 1. The Kier molecular flexibility index (Phi) is 2.46. The highest BCUT2D eigenvalue weighted by atomic mass is 16.7. The largest absolute Gasteiger partial charge is 0.454 e. The Bertz CT molecular complexity index is 386. The molecule has 2 aliphatic heterocycles. The fraction of sp³-hybridized carbons (Fsp3) is 0.500. The van der Waals surface area contributed by atoms with Crippen molar-refractivity contribution in [1.82, 2.24) is 5.32 Å². The Hall–Kier alpha value is -1.26. The summed E-state index contributed by atoms with van der Waals surface area (Å²) in [5, 5.41) is 3.40. The molecule has 0 bridgehead atoms. The van der Waals surface area contributed by atoms with Gasteiger partial charge < -0.3 is 19.5 Å². The molecule has 1 aromatic carbocycles. The molecule has 4 heteroatoms. The van der Waals surface area contributed by atoms with Crippen LogP contribution in [-0.4, -0.2) is 26.0 Å². The predicted molar refractivity (Wildman–Crippen MR) is 58.7 cm³/mol. The van der Waals surface area contributed by atoms with Crippen molar-refractivity contribution in [3.8, 4) is 11.5 Å². The summed E-state index contributed by atoms with van der Waals surface area (Å²) in [5.41, 5.74) is 1.14. The molecule has 3 rings (SSSR count). The van der Waals surface area contributed by atoms with Gasteiger partial charge in [-0.05, 0) is 24.6 Å². The highest BCUT2D eigenvalue weighted by Gasteiger charge is 2.22. The van der Waals surface area contributed by atoms with Crippen LogP contribution in [0.2, 0.25) is 0 Å². The molecule has 0 spiro atoms. The lowest BCUT2D eigenvalue weighted by Gasteiger charge is -2.28. The van der Waals surface area contributed by atoms with Gasteiger partial charge in [-0.15, -0.1) is 0 Å². The number of hydrogen-bond acceptors (Lipinski definition) is 4. The van der Waals surface area contributed by atoms with E-state index in [1.165, 1.54) is 0 Å². The third kappa shape index (κ3) is 1.74. The number of rotatable bonds is 1. The minimum absolute atomic E-state index is 0.116. The van der Waals surface area contributed by atoms with Crippen LogP contribution in [0.25, 0.3) is 0 Å². The van der Waals surface area contributed by atoms with Crippen molar-refractivity contribution in [3.05, 3.63) is 23.8 Å². The summed E-state index contributed by atoms with van der Waals surface area (Å²) < 4.78 is 16.4. The van der Waals surface area contributed by atoms with Crippen LogP contribution in [0.3, 0.4) is 0 Å². The first-order valence-electron chi connectivity index (χ1n) is 5.57. The number of nitrogens with one attached hydrogen (secondary N) is 1. The lowest BCUT2D eigenvalue weighted by molar-refractivity contribution is 0.00687. The lowest BCUT2D eigenvalue weighted by atomic mass is 10.1. The van der Waals surface area contributed by atoms with Crippen LogP contribution in [0.15, 0.2) is 18.2 Å². The predicted octanol–water partition coefficient (Wildman–Crippen LogP) is 1.46. The lowest BCUT2D eigenvalue weighted by Crippen LogP contribution is -2.40. The Morgan fingerprint density at radius 1 is 1.25 bits per heavy atom. The fourth-order valence-electron chi connectivity index (χ4n) is 2.01. The first-order valence-corrected chi connectivity index (χ1v) is 5.57. The smallest absolute Gasteiger partial charge is 0.231 e. The van der Waals surface area contributed by atoms with Crippen molar-refractivity contribution in [2.24, 2.45) is 0 Å². The first-order chi connectivity index (χ1) is 7.83. The maximum Gasteiger partial charge on any atom is 0.231 e. The molecule has 0 radical (unpaired) electrons. The average molecular weight is 221 g/mol. The summed E-state index contributed by atoms with van der Waals surface area (Å²) in [6.07, 6.45) is 0.116. The molecule has 2 unspecified atom stereocenters. The van der Waals surface area contributed by atoms with Crippen LogP contribution in [0.1, 0.15) is 18.6 Å². The van der Waals surface area contributed by atoms with Crippen molar-refractivity contribution in [2.45, 2.75) is 19.1 Å². The summed E-state index contributed by atoms with van der Waals surface area (Å²) in [6, 6.07) is 6.42. The Morgan fingerprint density at radius 2 is 2.12 bits per heavy atom. The zero-order chi connectivity index (χ0) is 11.0. The maximum absolute atomic E-state index is 5.78. The van der Waals surface area contributed by atoms with Crippen LogP contribution in [-0.2, 0) is 4.74 Å². The van der Waals surface area contributed by atoms with Crippen molar-refractivity contribution in [3.63, 3.8) is 0 Å². The van der Waals surface area contributed by atoms with Crippen LogP contribution in [0, 0.1) is 0 Å². The molecule has 16 heavy (non-hydrogen) atoms. The van der Waals surface area contributed by atoms with Crippen LogP contribution >= 0.6 is 0 Å². The van der Waals surface area contributed by atoms with Gasteiger partial charge in [0, 0.05) is 12.6 Å². The highest BCUT2D eigenvalue weighted by molar-refractivity contribution is 5.45. The van der Waals surface area contributed by atoms with E-state index in [9.17, 15) is 0 Å². The van der Waals surface area contributed by atoms with E-state index in [2.05, 4.69) is 12.2 Å². The van der Waals surface area contributed by atoms with Crippen molar-refractivity contribution in [1.29, 1.82) is 0 Å². The SMILES string of the molecule is CC1COC(c2ccc3c(c2)OCO3)CN1. The van der Waals surface area contributed by atoms with Crippen molar-refractivity contribution in [2.75, 3.05) is 19.9 Å². The van der Waals surface area contributed by atoms with Crippen molar-refractivity contribution < 1.29 is 14.2 Å². The second-order valence-electron chi connectivity index (χ2n) is 4.24. The molecule has 0 saturated carbocycles. The monoisotopic (exact) mass is 221 g/mol. The quantitative estimate of drug-likeness (QED) is 0.779. The Morgan fingerprint density at radius 3 is 2.94 bits per heavy atom. The van der Waals surface area contributed by atoms with E-state index in [0.717, 1.165) is 30.2 Å². The van der Waals surface area contributed by atoms with Gasteiger partial charge in [0.1, 0.15) is 0 Å². The number of benzene rings is 1. The molecule has 1 saturated heterocycles. The van der Waals surface area contributed by atoms with Crippen LogP contribution in [0.5, 0.6) is 11.5 Å². The molecular formula is C12H15NO3. The zero-order valence-corrected chi connectivity index (χ0v) is 9.23. The molecule has 86 valence electrons.